The molecule has 0 atom stereocenters. The Morgan fingerprint density at radius 1 is 0.261 bits per heavy atom. The van der Waals surface area contributed by atoms with Gasteiger partial charge >= 0.3 is 0 Å². The standard InChI is InChI=1S/2C9H11.C8H6F4.2C7H3F4.2C7H7.3Y/c2*1-7-5-4-6-8(2)9(7)3;1-3-5(9)7(11)4(2)8(12)6(3)10;2*1-3-6(10)4(8)2-5(9)7(3)11;2*1-7-5-3-2-4-6-7;;;/h2*5-6H,1-3H3;1-2H3;2*1H3;2*3-6H,1H3;;;/q2*-1;;4*-1;;;. The quantitative estimate of drug-likeness (QED) is 0.0807. The summed E-state index contributed by atoms with van der Waals surface area (Å²) >= 11 is 0. The molecule has 3 radical (unpaired) electrons. The maximum atomic E-state index is 12.7. The Morgan fingerprint density at radius 3 is 0.609 bits per heavy atom. The Balaban J connectivity index is -0.000000736. The molecule has 0 amide bonds. The molecule has 363 valence electrons. The molecule has 0 N–H and O–H groups in total. The third kappa shape index (κ3) is 23.4. The fourth-order valence-electron chi connectivity index (χ4n) is 4.69. The molecule has 0 aliphatic carbocycles. The topological polar surface area (TPSA) is 0 Å². The van der Waals surface area contributed by atoms with E-state index in [1.165, 1.54) is 56.6 Å². The number of hydrogen-bond acceptors (Lipinski definition) is 0. The average Bonchev–Trinajstić information content (AvgIpc) is 3.29. The first kappa shape index (κ1) is 70.3. The zero-order valence-electron chi connectivity index (χ0n) is 40.2. The largest absolute Gasteiger partial charge is 0.281 e. The normalized spacial score (nSPS) is 9.39. The molecule has 0 aliphatic rings. The number of halogens is 12. The summed E-state index contributed by atoms with van der Waals surface area (Å²) in [5, 5.41) is 0. The molecule has 0 spiro atoms. The molecular formula is C54H48F12Y3-6. The molecule has 0 saturated carbocycles. The summed E-state index contributed by atoms with van der Waals surface area (Å²) in [4.78, 5) is 0. The molecule has 0 unspecified atom stereocenters. The van der Waals surface area contributed by atoms with Gasteiger partial charge in [0.05, 0.1) is 0 Å². The van der Waals surface area contributed by atoms with Gasteiger partial charge in [-0.05, 0) is 13.8 Å². The maximum absolute atomic E-state index is 12.7. The number of benzene rings is 7. The van der Waals surface area contributed by atoms with E-state index in [2.05, 4.69) is 79.7 Å². The number of aryl methyl sites for hydroxylation is 6. The average molecular weight is 1190 g/mol. The Kier molecular flexibility index (Phi) is 35.8. The van der Waals surface area contributed by atoms with Gasteiger partial charge in [0, 0.05) is 156 Å². The molecule has 7 aromatic rings. The van der Waals surface area contributed by atoms with Gasteiger partial charge in [0.25, 0.3) is 0 Å². The summed E-state index contributed by atoms with van der Waals surface area (Å²) in [5.74, 6) is -16.9. The third-order valence-electron chi connectivity index (χ3n) is 9.56. The minimum absolute atomic E-state index is 0. The molecule has 0 bridgehead atoms. The van der Waals surface area contributed by atoms with Crippen molar-refractivity contribution in [2.45, 2.75) is 83.1 Å². The Labute approximate surface area is 474 Å². The van der Waals surface area contributed by atoms with Crippen LogP contribution in [0.4, 0.5) is 52.7 Å². The van der Waals surface area contributed by atoms with Crippen molar-refractivity contribution in [1.82, 2.24) is 0 Å². The molecule has 0 aliphatic heterocycles. The Bertz CT molecular complexity index is 2290. The number of rotatable bonds is 0. The molecule has 15 heteroatoms. The van der Waals surface area contributed by atoms with Crippen molar-refractivity contribution in [2.24, 2.45) is 0 Å². The molecule has 69 heavy (non-hydrogen) atoms. The Morgan fingerprint density at radius 2 is 0.449 bits per heavy atom. The van der Waals surface area contributed by atoms with E-state index < -0.39 is 92.1 Å². The zero-order chi connectivity index (χ0) is 50.6. The van der Waals surface area contributed by atoms with Gasteiger partial charge in [0.15, 0.2) is 23.3 Å². The molecule has 0 heterocycles. The first-order chi connectivity index (χ1) is 30.8. The minimum Gasteiger partial charge on any atom is -0.281 e. The van der Waals surface area contributed by atoms with Crippen molar-refractivity contribution in [3.63, 3.8) is 0 Å². The van der Waals surface area contributed by atoms with Crippen LogP contribution in [0.3, 0.4) is 0 Å². The van der Waals surface area contributed by atoms with Gasteiger partial charge in [-0.25, -0.2) is 35.1 Å². The van der Waals surface area contributed by atoms with E-state index in [0.717, 1.165) is 27.7 Å². The van der Waals surface area contributed by atoms with Crippen LogP contribution in [0.2, 0.25) is 0 Å². The van der Waals surface area contributed by atoms with E-state index in [9.17, 15) is 52.7 Å². The zero-order valence-corrected chi connectivity index (χ0v) is 48.7. The fourth-order valence-corrected chi connectivity index (χ4v) is 4.69. The fraction of sp³-hybridized carbons (Fsp3) is 0.222. The van der Waals surface area contributed by atoms with E-state index in [4.69, 9.17) is 0 Å². The van der Waals surface area contributed by atoms with E-state index in [0.29, 0.717) is 0 Å². The van der Waals surface area contributed by atoms with E-state index >= 15 is 0 Å². The molecule has 0 saturated heterocycles. The molecule has 0 aromatic heterocycles. The predicted molar refractivity (Wildman–Crippen MR) is 234 cm³/mol. The van der Waals surface area contributed by atoms with Gasteiger partial charge in [-0.3, -0.25) is 17.6 Å². The van der Waals surface area contributed by atoms with Gasteiger partial charge in [-0.15, -0.1) is 12.1 Å². The third-order valence-corrected chi connectivity index (χ3v) is 9.56. The van der Waals surface area contributed by atoms with Gasteiger partial charge in [0.1, 0.15) is 0 Å². The van der Waals surface area contributed by atoms with Crippen LogP contribution in [-0.2, 0) is 98.1 Å². The minimum atomic E-state index is -1.50. The molecule has 7 rings (SSSR count). The Hall–Kier alpha value is -2.99. The summed E-state index contributed by atoms with van der Waals surface area (Å²) < 4.78 is 149. The maximum Gasteiger partial charge on any atom is 0.165 e. The van der Waals surface area contributed by atoms with Gasteiger partial charge in [0.2, 0.25) is 0 Å². The van der Waals surface area contributed by atoms with Crippen LogP contribution in [0.15, 0.2) is 72.8 Å². The SMILES string of the molecule is Cc1c(F)c(F)[c-]c(F)c1F.Cc1c(F)c(F)[c-]c(F)c1F.Cc1c(F)c(F)c(C)c(F)c1F.Cc1c[c-]cc(C)c1C.Cc1c[c-]cc(C)c1C.Cc1cc[c-]cc1.Cc1cc[c-]cc1.[Y].[Y].[Y]. The van der Waals surface area contributed by atoms with Crippen molar-refractivity contribution < 1.29 is 151 Å². The van der Waals surface area contributed by atoms with Gasteiger partial charge < -0.3 is 0 Å². The van der Waals surface area contributed by atoms with Crippen molar-refractivity contribution >= 4 is 0 Å². The molecule has 0 fully saturated rings. The number of hydrogen-bond donors (Lipinski definition) is 0. The van der Waals surface area contributed by atoms with Crippen LogP contribution in [0.5, 0.6) is 0 Å². The summed E-state index contributed by atoms with van der Waals surface area (Å²) in [6.07, 6.45) is 0. The first-order valence-electron chi connectivity index (χ1n) is 19.7. The second-order valence-corrected chi connectivity index (χ2v) is 14.6. The predicted octanol–water partition coefficient (Wildman–Crippen LogP) is 16.0. The van der Waals surface area contributed by atoms with E-state index in [1.807, 2.05) is 72.8 Å². The second kappa shape index (κ2) is 35.2. The molecule has 0 nitrogen and oxygen atoms in total. The van der Waals surface area contributed by atoms with Gasteiger partial charge in [-0.1, -0.05) is 80.4 Å². The van der Waals surface area contributed by atoms with Crippen molar-refractivity contribution in [3.8, 4) is 0 Å². The monoisotopic (exact) mass is 1190 g/mol. The summed E-state index contributed by atoms with van der Waals surface area (Å²) in [6, 6.07) is 38.4. The van der Waals surface area contributed by atoms with E-state index in [-0.39, 0.29) is 98.1 Å². The van der Waals surface area contributed by atoms with Crippen LogP contribution in [0.25, 0.3) is 0 Å². The summed E-state index contributed by atoms with van der Waals surface area (Å²) in [5.41, 5.74) is 8.07. The smallest absolute Gasteiger partial charge is 0.165 e. The van der Waals surface area contributed by atoms with Gasteiger partial charge in [-0.2, -0.15) is 142 Å². The van der Waals surface area contributed by atoms with E-state index in [1.54, 1.807) is 0 Å². The first-order valence-corrected chi connectivity index (χ1v) is 19.7. The van der Waals surface area contributed by atoms with Crippen LogP contribution >= 0.6 is 0 Å². The summed E-state index contributed by atoms with van der Waals surface area (Å²) in [6.45, 7) is 20.7. The van der Waals surface area contributed by atoms with Crippen molar-refractivity contribution in [1.29, 1.82) is 0 Å². The van der Waals surface area contributed by atoms with Crippen LogP contribution in [0.1, 0.15) is 66.8 Å². The van der Waals surface area contributed by atoms with Crippen LogP contribution < -0.4 is 0 Å². The van der Waals surface area contributed by atoms with Crippen LogP contribution in [0, 0.1) is 189 Å². The summed E-state index contributed by atoms with van der Waals surface area (Å²) in [7, 11) is 0. The molecule has 7 aromatic carbocycles. The molecular weight excluding hydrogens is 1140 g/mol. The second-order valence-electron chi connectivity index (χ2n) is 14.6. The van der Waals surface area contributed by atoms with Crippen LogP contribution in [-0.4, -0.2) is 0 Å². The van der Waals surface area contributed by atoms with Crippen molar-refractivity contribution in [3.05, 3.63) is 246 Å². The van der Waals surface area contributed by atoms with Crippen molar-refractivity contribution in [2.75, 3.05) is 0 Å².